The van der Waals surface area contributed by atoms with E-state index in [4.69, 9.17) is 14.2 Å². The summed E-state index contributed by atoms with van der Waals surface area (Å²) >= 11 is 1.53. The molecule has 0 aliphatic carbocycles. The van der Waals surface area contributed by atoms with E-state index in [1.54, 1.807) is 39.0 Å². The van der Waals surface area contributed by atoms with Crippen LogP contribution in [0.5, 0.6) is 11.5 Å². The van der Waals surface area contributed by atoms with Crippen LogP contribution in [-0.2, 0) is 9.53 Å². The van der Waals surface area contributed by atoms with Gasteiger partial charge >= 0.3 is 5.97 Å². The Kier molecular flexibility index (Phi) is 4.90. The van der Waals surface area contributed by atoms with Gasteiger partial charge in [0.15, 0.2) is 12.4 Å². The van der Waals surface area contributed by atoms with Crippen molar-refractivity contribution in [3.63, 3.8) is 0 Å². The van der Waals surface area contributed by atoms with Crippen molar-refractivity contribution in [3.05, 3.63) is 51.4 Å². The first kappa shape index (κ1) is 17.2. The maximum Gasteiger partial charge on any atom is 0.344 e. The fourth-order valence-corrected chi connectivity index (χ4v) is 3.11. The zero-order chi connectivity index (χ0) is 18.0. The van der Waals surface area contributed by atoms with Gasteiger partial charge in [-0.1, -0.05) is 6.07 Å². The molecule has 130 valence electrons. The van der Waals surface area contributed by atoms with Gasteiger partial charge in [-0.3, -0.25) is 4.79 Å². The number of ketones is 1. The summed E-state index contributed by atoms with van der Waals surface area (Å²) in [6.07, 6.45) is 1.54. The predicted molar refractivity (Wildman–Crippen MR) is 95.2 cm³/mol. The fourth-order valence-electron chi connectivity index (χ4n) is 2.46. The van der Waals surface area contributed by atoms with Crippen molar-refractivity contribution in [1.29, 1.82) is 0 Å². The molecule has 1 aromatic heterocycles. The quantitative estimate of drug-likeness (QED) is 0.597. The van der Waals surface area contributed by atoms with E-state index < -0.39 is 5.97 Å². The van der Waals surface area contributed by atoms with Crippen molar-refractivity contribution in [2.45, 2.75) is 26.9 Å². The van der Waals surface area contributed by atoms with Gasteiger partial charge in [-0.2, -0.15) is 0 Å². The first-order chi connectivity index (χ1) is 12.0. The van der Waals surface area contributed by atoms with Crippen LogP contribution in [0.2, 0.25) is 0 Å². The summed E-state index contributed by atoms with van der Waals surface area (Å²) in [4.78, 5) is 25.0. The van der Waals surface area contributed by atoms with Gasteiger partial charge in [-0.15, -0.1) is 11.3 Å². The monoisotopic (exact) mass is 358 g/mol. The van der Waals surface area contributed by atoms with Gasteiger partial charge < -0.3 is 14.2 Å². The number of carbonyl (C=O) groups excluding carboxylic acids is 2. The molecule has 0 saturated heterocycles. The Labute approximate surface area is 149 Å². The normalized spacial score (nSPS) is 14.6. The van der Waals surface area contributed by atoms with E-state index in [1.807, 2.05) is 17.5 Å². The van der Waals surface area contributed by atoms with Gasteiger partial charge in [-0.25, -0.2) is 4.79 Å². The molecule has 0 amide bonds. The molecule has 5 nitrogen and oxygen atoms in total. The molecule has 25 heavy (non-hydrogen) atoms. The van der Waals surface area contributed by atoms with Crippen LogP contribution in [0.3, 0.4) is 0 Å². The molecule has 2 heterocycles. The zero-order valence-electron chi connectivity index (χ0n) is 14.2. The van der Waals surface area contributed by atoms with E-state index in [9.17, 15) is 9.59 Å². The lowest BCUT2D eigenvalue weighted by molar-refractivity contribution is -0.149. The summed E-state index contributed by atoms with van der Waals surface area (Å²) in [5, 5.41) is 1.94. The zero-order valence-corrected chi connectivity index (χ0v) is 15.0. The van der Waals surface area contributed by atoms with Crippen molar-refractivity contribution in [2.24, 2.45) is 0 Å². The molecule has 0 spiro atoms. The molecule has 0 bridgehead atoms. The van der Waals surface area contributed by atoms with E-state index in [0.29, 0.717) is 22.6 Å². The highest BCUT2D eigenvalue weighted by atomic mass is 32.1. The van der Waals surface area contributed by atoms with Gasteiger partial charge in [-0.05, 0) is 44.4 Å². The lowest BCUT2D eigenvalue weighted by Gasteiger charge is -2.12. The summed E-state index contributed by atoms with van der Waals surface area (Å²) in [6.45, 7) is 5.16. The molecule has 0 unspecified atom stereocenters. The molecule has 0 saturated carbocycles. The number of fused-ring (bicyclic) bond motifs is 1. The van der Waals surface area contributed by atoms with E-state index in [2.05, 4.69) is 0 Å². The number of carbonyl (C=O) groups is 2. The molecule has 6 heteroatoms. The highest BCUT2D eigenvalue weighted by Gasteiger charge is 2.30. The van der Waals surface area contributed by atoms with Gasteiger partial charge in [0.25, 0.3) is 0 Å². The fraction of sp³-hybridized carbons (Fsp3) is 0.263. The predicted octanol–water partition coefficient (Wildman–Crippen LogP) is 4.00. The summed E-state index contributed by atoms with van der Waals surface area (Å²) in [6, 6.07) is 7.16. The second kappa shape index (κ2) is 7.11. The number of Topliss-reactive ketones (excluding diaryl/α,β-unsaturated/α-hetero) is 1. The Morgan fingerprint density at radius 1 is 1.32 bits per heavy atom. The third kappa shape index (κ3) is 3.74. The number of ether oxygens (including phenoxy) is 3. The first-order valence-corrected chi connectivity index (χ1v) is 8.77. The van der Waals surface area contributed by atoms with E-state index >= 15 is 0 Å². The Hall–Kier alpha value is -2.60. The van der Waals surface area contributed by atoms with Crippen LogP contribution in [0, 0.1) is 6.92 Å². The summed E-state index contributed by atoms with van der Waals surface area (Å²) in [7, 11) is 0. The molecule has 0 atom stereocenters. The molecular weight excluding hydrogens is 340 g/mol. The van der Waals surface area contributed by atoms with E-state index in [0.717, 1.165) is 4.88 Å². The van der Waals surface area contributed by atoms with Crippen LogP contribution >= 0.6 is 11.3 Å². The Morgan fingerprint density at radius 2 is 2.12 bits per heavy atom. The lowest BCUT2D eigenvalue weighted by atomic mass is 10.1. The minimum atomic E-state index is -0.440. The molecular formula is C19H18O5S. The largest absolute Gasteiger partial charge is 0.481 e. The van der Waals surface area contributed by atoms with Gasteiger partial charge in [0.05, 0.1) is 11.7 Å². The maximum atomic E-state index is 12.5. The minimum Gasteiger partial charge on any atom is -0.481 e. The maximum absolute atomic E-state index is 12.5. The van der Waals surface area contributed by atoms with E-state index in [1.165, 1.54) is 11.3 Å². The number of rotatable bonds is 5. The molecule has 1 aliphatic rings. The topological polar surface area (TPSA) is 61.8 Å². The third-order valence-corrected chi connectivity index (χ3v) is 4.39. The van der Waals surface area contributed by atoms with Crippen LogP contribution in [0.25, 0.3) is 6.08 Å². The highest BCUT2D eigenvalue weighted by molar-refractivity contribution is 7.10. The Bertz CT molecular complexity index is 834. The molecule has 0 N–H and O–H groups in total. The second-order valence-electron chi connectivity index (χ2n) is 5.85. The molecule has 0 radical (unpaired) electrons. The number of hydrogen-bond donors (Lipinski definition) is 0. The van der Waals surface area contributed by atoms with Crippen LogP contribution in [0.1, 0.15) is 34.6 Å². The molecule has 1 aliphatic heterocycles. The number of hydrogen-bond acceptors (Lipinski definition) is 6. The highest BCUT2D eigenvalue weighted by Crippen LogP contribution is 2.39. The number of esters is 1. The second-order valence-corrected chi connectivity index (χ2v) is 6.83. The van der Waals surface area contributed by atoms with Crippen LogP contribution in [0.4, 0.5) is 0 Å². The van der Waals surface area contributed by atoms with Crippen molar-refractivity contribution < 1.29 is 23.8 Å². The number of thiophene rings is 1. The van der Waals surface area contributed by atoms with Crippen LogP contribution in [-0.4, -0.2) is 24.5 Å². The average Bonchev–Trinajstić information content (AvgIpc) is 3.16. The SMILES string of the molecule is Cc1c(OCC(=O)OC(C)C)ccc2c1O/C(=C\c1cccs1)C2=O. The minimum absolute atomic E-state index is 0.155. The van der Waals surface area contributed by atoms with Gasteiger partial charge in [0.1, 0.15) is 11.5 Å². The van der Waals surface area contributed by atoms with E-state index in [-0.39, 0.29) is 24.3 Å². The standard InChI is InChI=1S/C19H18O5S/c1-11(2)23-17(20)10-22-15-7-6-14-18(21)16(24-19(14)12(15)3)9-13-5-4-8-25-13/h4-9,11H,10H2,1-3H3/b16-9-. The Balaban J connectivity index is 1.78. The summed E-state index contributed by atoms with van der Waals surface area (Å²) < 4.78 is 16.3. The number of benzene rings is 1. The van der Waals surface area contributed by atoms with Crippen molar-refractivity contribution in [2.75, 3.05) is 6.61 Å². The van der Waals surface area contributed by atoms with Crippen LogP contribution < -0.4 is 9.47 Å². The summed E-state index contributed by atoms with van der Waals surface area (Å²) in [5.41, 5.74) is 1.18. The molecule has 0 fully saturated rings. The third-order valence-electron chi connectivity index (χ3n) is 3.57. The first-order valence-electron chi connectivity index (χ1n) is 7.89. The van der Waals surface area contributed by atoms with Crippen LogP contribution in [0.15, 0.2) is 35.4 Å². The van der Waals surface area contributed by atoms with Crippen molar-refractivity contribution in [1.82, 2.24) is 0 Å². The smallest absolute Gasteiger partial charge is 0.344 e. The van der Waals surface area contributed by atoms with Gasteiger partial charge in [0, 0.05) is 16.5 Å². The molecule has 1 aromatic carbocycles. The molecule has 2 aromatic rings. The van der Waals surface area contributed by atoms with Gasteiger partial charge in [0.2, 0.25) is 5.78 Å². The average molecular weight is 358 g/mol. The van der Waals surface area contributed by atoms with Crippen molar-refractivity contribution >= 4 is 29.2 Å². The Morgan fingerprint density at radius 3 is 2.80 bits per heavy atom. The molecule has 3 rings (SSSR count). The summed E-state index contributed by atoms with van der Waals surface area (Å²) in [5.74, 6) is 0.659. The lowest BCUT2D eigenvalue weighted by Crippen LogP contribution is -2.19. The number of allylic oxidation sites excluding steroid dienone is 1. The van der Waals surface area contributed by atoms with Crippen molar-refractivity contribution in [3.8, 4) is 11.5 Å².